The summed E-state index contributed by atoms with van der Waals surface area (Å²) in [5.74, 6) is 0.951. The number of benzene rings is 1. The van der Waals surface area contributed by atoms with E-state index in [2.05, 4.69) is 34.2 Å². The number of morpholine rings is 1. The molecule has 1 unspecified atom stereocenters. The molecular formula is C22H35N3O2. The van der Waals surface area contributed by atoms with E-state index in [0.717, 1.165) is 57.5 Å². The molecule has 1 aromatic rings. The van der Waals surface area contributed by atoms with Crippen molar-refractivity contribution in [2.45, 2.75) is 45.6 Å². The normalized spacial score (nSPS) is 22.3. The Hall–Kier alpha value is -1.43. The summed E-state index contributed by atoms with van der Waals surface area (Å²) >= 11 is 0. The first-order valence-corrected chi connectivity index (χ1v) is 10.6. The van der Waals surface area contributed by atoms with Crippen molar-refractivity contribution in [2.75, 3.05) is 51.3 Å². The van der Waals surface area contributed by atoms with Crippen LogP contribution in [0.5, 0.6) is 0 Å². The van der Waals surface area contributed by atoms with Crippen molar-refractivity contribution in [2.24, 2.45) is 5.92 Å². The van der Waals surface area contributed by atoms with Crippen molar-refractivity contribution in [3.63, 3.8) is 0 Å². The number of carbonyl (C=O) groups excluding carboxylic acids is 1. The number of nitrogens with one attached hydrogen (secondary N) is 1. The summed E-state index contributed by atoms with van der Waals surface area (Å²) in [6, 6.07) is 8.28. The standard InChI is InChI=1S/C22H35N3O2/c1-2-4-19-5-3-11-24(12-10-19)18-22(26)23-21-8-6-20(7-9-21)17-25-13-15-27-16-14-25/h6-9,19H,2-5,10-18H2,1H3,(H,23,26). The molecule has 0 saturated carbocycles. The van der Waals surface area contributed by atoms with Gasteiger partial charge in [0.25, 0.3) is 0 Å². The number of likely N-dealkylation sites (tertiary alicyclic amines) is 1. The summed E-state index contributed by atoms with van der Waals surface area (Å²) in [6.07, 6.45) is 6.37. The molecule has 5 nitrogen and oxygen atoms in total. The number of hydrogen-bond donors (Lipinski definition) is 1. The Bertz CT molecular complexity index is 569. The summed E-state index contributed by atoms with van der Waals surface area (Å²) in [6.45, 7) is 9.46. The number of rotatable bonds is 7. The van der Waals surface area contributed by atoms with E-state index in [1.165, 1.54) is 37.7 Å². The largest absolute Gasteiger partial charge is 0.379 e. The molecule has 2 aliphatic heterocycles. The Balaban J connectivity index is 1.42. The molecule has 2 heterocycles. The molecule has 1 aromatic carbocycles. The van der Waals surface area contributed by atoms with Gasteiger partial charge < -0.3 is 10.1 Å². The molecule has 27 heavy (non-hydrogen) atoms. The van der Waals surface area contributed by atoms with E-state index in [-0.39, 0.29) is 5.91 Å². The Morgan fingerprint density at radius 2 is 1.85 bits per heavy atom. The molecule has 2 aliphatic rings. The van der Waals surface area contributed by atoms with Crippen LogP contribution in [0.15, 0.2) is 24.3 Å². The van der Waals surface area contributed by atoms with Crippen LogP contribution in [0.2, 0.25) is 0 Å². The molecule has 2 saturated heterocycles. The molecule has 1 amide bonds. The lowest BCUT2D eigenvalue weighted by Gasteiger charge is -2.26. The van der Waals surface area contributed by atoms with Crippen molar-refractivity contribution < 1.29 is 9.53 Å². The minimum atomic E-state index is 0.102. The Labute approximate surface area is 164 Å². The van der Waals surface area contributed by atoms with Gasteiger partial charge in [0.15, 0.2) is 0 Å². The molecule has 0 bridgehead atoms. The third-order valence-electron chi connectivity index (χ3n) is 5.75. The lowest BCUT2D eigenvalue weighted by Crippen LogP contribution is -2.35. The smallest absolute Gasteiger partial charge is 0.238 e. The topological polar surface area (TPSA) is 44.8 Å². The quantitative estimate of drug-likeness (QED) is 0.796. The molecule has 0 radical (unpaired) electrons. The zero-order valence-corrected chi connectivity index (χ0v) is 16.8. The lowest BCUT2D eigenvalue weighted by atomic mass is 9.96. The highest BCUT2D eigenvalue weighted by Gasteiger charge is 2.18. The van der Waals surface area contributed by atoms with Gasteiger partial charge in [0.1, 0.15) is 0 Å². The van der Waals surface area contributed by atoms with Crippen LogP contribution in [0.25, 0.3) is 0 Å². The third kappa shape index (κ3) is 6.91. The van der Waals surface area contributed by atoms with E-state index in [9.17, 15) is 4.79 Å². The van der Waals surface area contributed by atoms with Crippen LogP contribution in [-0.4, -0.2) is 61.6 Å². The Kier molecular flexibility index (Phi) is 8.11. The Morgan fingerprint density at radius 3 is 2.59 bits per heavy atom. The van der Waals surface area contributed by atoms with Gasteiger partial charge in [-0.05, 0) is 56.0 Å². The number of nitrogens with zero attached hydrogens (tertiary/aromatic N) is 2. The van der Waals surface area contributed by atoms with Crippen LogP contribution in [0.3, 0.4) is 0 Å². The average molecular weight is 374 g/mol. The number of amides is 1. The van der Waals surface area contributed by atoms with Gasteiger partial charge in [-0.1, -0.05) is 31.9 Å². The van der Waals surface area contributed by atoms with Crippen molar-refractivity contribution in [1.29, 1.82) is 0 Å². The number of hydrogen-bond acceptors (Lipinski definition) is 4. The maximum Gasteiger partial charge on any atom is 0.238 e. The van der Waals surface area contributed by atoms with Gasteiger partial charge in [0.05, 0.1) is 19.8 Å². The van der Waals surface area contributed by atoms with Gasteiger partial charge in [-0.25, -0.2) is 0 Å². The predicted molar refractivity (Wildman–Crippen MR) is 110 cm³/mol. The van der Waals surface area contributed by atoms with Crippen LogP contribution in [0, 0.1) is 5.92 Å². The summed E-state index contributed by atoms with van der Waals surface area (Å²) in [5.41, 5.74) is 2.17. The third-order valence-corrected chi connectivity index (χ3v) is 5.75. The Morgan fingerprint density at radius 1 is 1.07 bits per heavy atom. The molecule has 1 atom stereocenters. The van der Waals surface area contributed by atoms with Crippen LogP contribution in [0.4, 0.5) is 5.69 Å². The van der Waals surface area contributed by atoms with Crippen molar-refractivity contribution in [3.05, 3.63) is 29.8 Å². The van der Waals surface area contributed by atoms with Crippen LogP contribution < -0.4 is 5.32 Å². The van der Waals surface area contributed by atoms with E-state index in [0.29, 0.717) is 6.54 Å². The van der Waals surface area contributed by atoms with Crippen molar-refractivity contribution in [3.8, 4) is 0 Å². The zero-order valence-electron chi connectivity index (χ0n) is 16.8. The predicted octanol–water partition coefficient (Wildman–Crippen LogP) is 3.36. The minimum absolute atomic E-state index is 0.102. The highest BCUT2D eigenvalue weighted by molar-refractivity contribution is 5.92. The van der Waals surface area contributed by atoms with E-state index in [4.69, 9.17) is 4.74 Å². The first-order chi connectivity index (χ1) is 13.2. The fourth-order valence-corrected chi connectivity index (χ4v) is 4.19. The molecule has 0 spiro atoms. The van der Waals surface area contributed by atoms with Gasteiger partial charge in [-0.3, -0.25) is 14.6 Å². The fourth-order valence-electron chi connectivity index (χ4n) is 4.19. The molecule has 0 aliphatic carbocycles. The van der Waals surface area contributed by atoms with Crippen molar-refractivity contribution in [1.82, 2.24) is 9.80 Å². The molecular weight excluding hydrogens is 338 g/mol. The highest BCUT2D eigenvalue weighted by atomic mass is 16.5. The van der Waals surface area contributed by atoms with Crippen molar-refractivity contribution >= 4 is 11.6 Å². The molecule has 3 rings (SSSR count). The SMILES string of the molecule is CCCC1CCCN(CC(=O)Nc2ccc(CN3CCOCC3)cc2)CC1. The lowest BCUT2D eigenvalue weighted by molar-refractivity contribution is -0.117. The summed E-state index contributed by atoms with van der Waals surface area (Å²) in [4.78, 5) is 17.1. The average Bonchev–Trinajstić information content (AvgIpc) is 2.90. The van der Waals surface area contributed by atoms with E-state index >= 15 is 0 Å². The van der Waals surface area contributed by atoms with Gasteiger partial charge in [-0.15, -0.1) is 0 Å². The van der Waals surface area contributed by atoms with Gasteiger partial charge >= 0.3 is 0 Å². The summed E-state index contributed by atoms with van der Waals surface area (Å²) < 4.78 is 5.40. The summed E-state index contributed by atoms with van der Waals surface area (Å²) in [5, 5.41) is 3.06. The molecule has 2 fully saturated rings. The fraction of sp³-hybridized carbons (Fsp3) is 0.682. The van der Waals surface area contributed by atoms with E-state index < -0.39 is 0 Å². The summed E-state index contributed by atoms with van der Waals surface area (Å²) in [7, 11) is 0. The van der Waals surface area contributed by atoms with Gasteiger partial charge in [0, 0.05) is 25.3 Å². The second kappa shape index (κ2) is 10.8. The maximum absolute atomic E-state index is 12.4. The van der Waals surface area contributed by atoms with E-state index in [1.54, 1.807) is 0 Å². The molecule has 0 aromatic heterocycles. The maximum atomic E-state index is 12.4. The number of carbonyl (C=O) groups is 1. The minimum Gasteiger partial charge on any atom is -0.379 e. The van der Waals surface area contributed by atoms with Crippen LogP contribution in [0.1, 0.15) is 44.6 Å². The first-order valence-electron chi connectivity index (χ1n) is 10.6. The number of ether oxygens (including phenoxy) is 1. The monoisotopic (exact) mass is 373 g/mol. The number of anilines is 1. The molecule has 5 heteroatoms. The second-order valence-corrected chi connectivity index (χ2v) is 8.00. The van der Waals surface area contributed by atoms with Gasteiger partial charge in [0.2, 0.25) is 5.91 Å². The first kappa shape index (κ1) is 20.3. The second-order valence-electron chi connectivity index (χ2n) is 8.00. The van der Waals surface area contributed by atoms with Crippen LogP contribution >= 0.6 is 0 Å². The van der Waals surface area contributed by atoms with Crippen LogP contribution in [-0.2, 0) is 16.1 Å². The highest BCUT2D eigenvalue weighted by Crippen LogP contribution is 2.22. The molecule has 150 valence electrons. The van der Waals surface area contributed by atoms with E-state index in [1.807, 2.05) is 12.1 Å². The molecule has 1 N–H and O–H groups in total. The zero-order chi connectivity index (χ0) is 18.9. The van der Waals surface area contributed by atoms with Gasteiger partial charge in [-0.2, -0.15) is 0 Å².